The van der Waals surface area contributed by atoms with E-state index in [-0.39, 0.29) is 18.7 Å². The van der Waals surface area contributed by atoms with Crippen molar-refractivity contribution in [2.75, 3.05) is 18.0 Å². The number of carbonyl (C=O) groups is 1. The molecule has 0 unspecified atom stereocenters. The van der Waals surface area contributed by atoms with Crippen molar-refractivity contribution in [1.82, 2.24) is 9.88 Å². The van der Waals surface area contributed by atoms with E-state index < -0.39 is 6.09 Å². The predicted molar refractivity (Wildman–Crippen MR) is 69.2 cm³/mol. The van der Waals surface area contributed by atoms with Crippen molar-refractivity contribution in [2.45, 2.75) is 32.0 Å². The molecular weight excluding hydrogens is 246 g/mol. The highest BCUT2D eigenvalue weighted by molar-refractivity contribution is 5.67. The monoisotopic (exact) mass is 263 g/mol. The second-order valence-corrected chi connectivity index (χ2v) is 5.25. The molecule has 1 aromatic heterocycles. The third-order valence-electron chi connectivity index (χ3n) is 3.93. The molecule has 1 aromatic rings. The third kappa shape index (κ3) is 1.92. The molecule has 6 heteroatoms. The van der Waals surface area contributed by atoms with Crippen LogP contribution in [0.15, 0.2) is 12.1 Å². The van der Waals surface area contributed by atoms with E-state index in [0.29, 0.717) is 18.8 Å². The van der Waals surface area contributed by atoms with Crippen LogP contribution in [0.1, 0.15) is 18.2 Å². The molecule has 0 aromatic carbocycles. The maximum atomic E-state index is 11.1. The van der Waals surface area contributed by atoms with Crippen LogP contribution in [0.2, 0.25) is 0 Å². The zero-order chi connectivity index (χ0) is 13.6. The van der Waals surface area contributed by atoms with E-state index in [1.54, 1.807) is 0 Å². The molecule has 1 amide bonds. The molecule has 19 heavy (non-hydrogen) atoms. The highest BCUT2D eigenvalue weighted by atomic mass is 16.4. The number of nitrogens with zero attached hydrogens (tertiary/aromatic N) is 3. The Balaban J connectivity index is 1.92. The van der Waals surface area contributed by atoms with Gasteiger partial charge in [-0.15, -0.1) is 0 Å². The van der Waals surface area contributed by atoms with Crippen LogP contribution in [-0.4, -0.2) is 51.4 Å². The van der Waals surface area contributed by atoms with Crippen LogP contribution in [-0.2, 0) is 13.0 Å². The number of carboxylic acid groups (broad SMARTS) is 1. The fourth-order valence-corrected chi connectivity index (χ4v) is 3.13. The zero-order valence-electron chi connectivity index (χ0n) is 10.8. The van der Waals surface area contributed by atoms with Crippen LogP contribution in [0.25, 0.3) is 0 Å². The van der Waals surface area contributed by atoms with Crippen LogP contribution >= 0.6 is 0 Å². The summed E-state index contributed by atoms with van der Waals surface area (Å²) in [5, 5.41) is 18.3. The number of hydrogen-bond acceptors (Lipinski definition) is 4. The van der Waals surface area contributed by atoms with Gasteiger partial charge in [-0.2, -0.15) is 0 Å². The van der Waals surface area contributed by atoms with Crippen LogP contribution < -0.4 is 4.90 Å². The average molecular weight is 263 g/mol. The number of pyridine rings is 1. The molecule has 0 bridgehead atoms. The molecule has 0 saturated carbocycles. The highest BCUT2D eigenvalue weighted by Crippen LogP contribution is 2.35. The number of piperazine rings is 1. The maximum Gasteiger partial charge on any atom is 0.407 e. The van der Waals surface area contributed by atoms with Crippen LogP contribution in [0.3, 0.4) is 0 Å². The minimum atomic E-state index is -0.855. The summed E-state index contributed by atoms with van der Waals surface area (Å²) in [6, 6.07) is 4.09. The first-order valence-electron chi connectivity index (χ1n) is 6.46. The molecule has 1 saturated heterocycles. The van der Waals surface area contributed by atoms with E-state index in [0.717, 1.165) is 17.8 Å². The molecule has 2 atom stereocenters. The second-order valence-electron chi connectivity index (χ2n) is 5.25. The fraction of sp³-hybridized carbons (Fsp3) is 0.538. The summed E-state index contributed by atoms with van der Waals surface area (Å²) in [6.45, 7) is 2.96. The number of amides is 1. The number of rotatable bonds is 1. The molecule has 2 N–H and O–H groups in total. The zero-order valence-corrected chi connectivity index (χ0v) is 10.8. The van der Waals surface area contributed by atoms with Gasteiger partial charge in [0, 0.05) is 19.1 Å². The Hall–Kier alpha value is -1.82. The summed E-state index contributed by atoms with van der Waals surface area (Å²) >= 11 is 0. The van der Waals surface area contributed by atoms with E-state index in [1.807, 2.05) is 19.1 Å². The molecule has 0 radical (unpaired) electrons. The number of aliphatic hydroxyl groups excluding tert-OH is 1. The largest absolute Gasteiger partial charge is 0.465 e. The molecule has 3 heterocycles. The molecular formula is C13H17N3O3. The lowest BCUT2D eigenvalue weighted by molar-refractivity contribution is 0.128. The van der Waals surface area contributed by atoms with Crippen molar-refractivity contribution in [3.8, 4) is 0 Å². The summed E-state index contributed by atoms with van der Waals surface area (Å²) in [6.07, 6.45) is -0.0335. The predicted octanol–water partition coefficient (Wildman–Crippen LogP) is 0.687. The standard InChI is InChI=1S/C13H17N3O3/c1-8-5-15(13(18)19)6-11-4-9-2-3-10(7-17)14-12(9)16(8)11/h2-3,8,11,17H,4-7H2,1H3,(H,18,19)/t8-,11-/m1/s1. The summed E-state index contributed by atoms with van der Waals surface area (Å²) in [4.78, 5) is 19.3. The lowest BCUT2D eigenvalue weighted by atomic mass is 10.1. The smallest absolute Gasteiger partial charge is 0.407 e. The summed E-state index contributed by atoms with van der Waals surface area (Å²) in [7, 11) is 0. The first-order valence-corrected chi connectivity index (χ1v) is 6.46. The van der Waals surface area contributed by atoms with Gasteiger partial charge >= 0.3 is 6.09 Å². The van der Waals surface area contributed by atoms with E-state index >= 15 is 0 Å². The number of fused-ring (bicyclic) bond motifs is 3. The molecule has 2 aliphatic rings. The molecule has 102 valence electrons. The van der Waals surface area contributed by atoms with Gasteiger partial charge in [-0.25, -0.2) is 9.78 Å². The fourth-order valence-electron chi connectivity index (χ4n) is 3.13. The average Bonchev–Trinajstić information content (AvgIpc) is 2.76. The van der Waals surface area contributed by atoms with Gasteiger partial charge in [0.15, 0.2) is 0 Å². The van der Waals surface area contributed by atoms with Crippen molar-refractivity contribution in [3.05, 3.63) is 23.4 Å². The minimum absolute atomic E-state index is 0.0680. The quantitative estimate of drug-likeness (QED) is 0.779. The van der Waals surface area contributed by atoms with Gasteiger partial charge in [0.2, 0.25) is 0 Å². The Morgan fingerprint density at radius 1 is 1.47 bits per heavy atom. The second kappa shape index (κ2) is 4.38. The molecule has 2 aliphatic heterocycles. The SMILES string of the molecule is C[C@@H]1CN(C(=O)O)C[C@H]2Cc3ccc(CO)nc3N21. The number of aromatic nitrogens is 1. The lowest BCUT2D eigenvalue weighted by Crippen LogP contribution is -2.58. The van der Waals surface area contributed by atoms with Gasteiger partial charge in [0.1, 0.15) is 5.82 Å². The van der Waals surface area contributed by atoms with Gasteiger partial charge in [0.05, 0.1) is 18.3 Å². The highest BCUT2D eigenvalue weighted by Gasteiger charge is 2.40. The van der Waals surface area contributed by atoms with Gasteiger partial charge in [-0.3, -0.25) is 0 Å². The van der Waals surface area contributed by atoms with E-state index in [2.05, 4.69) is 9.88 Å². The van der Waals surface area contributed by atoms with E-state index in [1.165, 1.54) is 4.90 Å². The molecule has 0 spiro atoms. The van der Waals surface area contributed by atoms with Crippen LogP contribution in [0.5, 0.6) is 0 Å². The molecule has 3 rings (SSSR count). The Kier molecular flexibility index (Phi) is 2.82. The van der Waals surface area contributed by atoms with Crippen LogP contribution in [0, 0.1) is 0 Å². The summed E-state index contributed by atoms with van der Waals surface area (Å²) in [5.74, 6) is 0.911. The van der Waals surface area contributed by atoms with E-state index in [9.17, 15) is 9.90 Å². The molecule has 1 fully saturated rings. The van der Waals surface area contributed by atoms with E-state index in [4.69, 9.17) is 5.11 Å². The van der Waals surface area contributed by atoms with Crippen molar-refractivity contribution < 1.29 is 15.0 Å². The first kappa shape index (κ1) is 12.2. The Labute approximate surface area is 111 Å². The van der Waals surface area contributed by atoms with Gasteiger partial charge in [0.25, 0.3) is 0 Å². The Bertz CT molecular complexity index is 520. The molecule has 0 aliphatic carbocycles. The molecule has 6 nitrogen and oxygen atoms in total. The minimum Gasteiger partial charge on any atom is -0.465 e. The Morgan fingerprint density at radius 2 is 2.26 bits per heavy atom. The third-order valence-corrected chi connectivity index (χ3v) is 3.93. The summed E-state index contributed by atoms with van der Waals surface area (Å²) < 4.78 is 0. The Morgan fingerprint density at radius 3 is 2.95 bits per heavy atom. The first-order chi connectivity index (χ1) is 9.10. The normalized spacial score (nSPS) is 25.2. The number of hydrogen-bond donors (Lipinski definition) is 2. The number of anilines is 1. The topological polar surface area (TPSA) is 76.9 Å². The van der Waals surface area contributed by atoms with Crippen molar-refractivity contribution in [1.29, 1.82) is 0 Å². The van der Waals surface area contributed by atoms with Gasteiger partial charge in [-0.05, 0) is 25.0 Å². The van der Waals surface area contributed by atoms with Gasteiger partial charge in [-0.1, -0.05) is 6.07 Å². The van der Waals surface area contributed by atoms with Crippen LogP contribution in [0.4, 0.5) is 10.6 Å². The van der Waals surface area contributed by atoms with Crippen molar-refractivity contribution in [3.63, 3.8) is 0 Å². The van der Waals surface area contributed by atoms with Crippen molar-refractivity contribution >= 4 is 11.9 Å². The lowest BCUT2D eigenvalue weighted by Gasteiger charge is -2.42. The van der Waals surface area contributed by atoms with Crippen molar-refractivity contribution in [2.24, 2.45) is 0 Å². The number of aliphatic hydroxyl groups is 1. The summed E-state index contributed by atoms with van der Waals surface area (Å²) in [5.41, 5.74) is 1.80. The maximum absolute atomic E-state index is 11.1. The van der Waals surface area contributed by atoms with Gasteiger partial charge < -0.3 is 20.0 Å².